The minimum absolute atomic E-state index is 0.00773. The molecule has 3 aromatic rings. The lowest BCUT2D eigenvalue weighted by Crippen LogP contribution is -2.36. The number of rotatable bonds is 6. The van der Waals surface area contributed by atoms with Gasteiger partial charge in [0, 0.05) is 16.9 Å². The molecule has 1 fully saturated rings. The van der Waals surface area contributed by atoms with Gasteiger partial charge in [0.25, 0.3) is 0 Å². The maximum absolute atomic E-state index is 13.1. The molecule has 8 heteroatoms. The van der Waals surface area contributed by atoms with Gasteiger partial charge in [-0.15, -0.1) is 0 Å². The van der Waals surface area contributed by atoms with Gasteiger partial charge in [0.05, 0.1) is 17.1 Å². The van der Waals surface area contributed by atoms with E-state index in [1.807, 2.05) is 25.1 Å². The smallest absolute Gasteiger partial charge is 0.307 e. The highest BCUT2D eigenvalue weighted by atomic mass is 35.5. The first kappa shape index (κ1) is 21.9. The van der Waals surface area contributed by atoms with Crippen LogP contribution in [-0.2, 0) is 21.2 Å². The number of H-pyrrole nitrogens is 1. The number of sulfonamides is 1. The Labute approximate surface area is 186 Å². The molecule has 0 saturated heterocycles. The number of fused-ring (bicyclic) bond motifs is 1. The van der Waals surface area contributed by atoms with Gasteiger partial charge in [0.1, 0.15) is 4.90 Å². The largest absolute Gasteiger partial charge is 0.481 e. The van der Waals surface area contributed by atoms with Gasteiger partial charge in [0.2, 0.25) is 10.0 Å². The average Bonchev–Trinajstić information content (AvgIpc) is 3.05. The Morgan fingerprint density at radius 3 is 2.61 bits per heavy atom. The Morgan fingerprint density at radius 1 is 1.16 bits per heavy atom. The Morgan fingerprint density at radius 2 is 1.90 bits per heavy atom. The molecule has 1 saturated carbocycles. The van der Waals surface area contributed by atoms with Crippen LogP contribution < -0.4 is 4.72 Å². The lowest BCUT2D eigenvalue weighted by Gasteiger charge is -2.23. The summed E-state index contributed by atoms with van der Waals surface area (Å²) in [6, 6.07) is 10.5. The summed E-state index contributed by atoms with van der Waals surface area (Å²) in [5.41, 5.74) is 3.61. The van der Waals surface area contributed by atoms with Crippen molar-refractivity contribution in [3.05, 3.63) is 52.5 Å². The second-order valence-electron chi connectivity index (χ2n) is 8.20. The zero-order chi connectivity index (χ0) is 22.2. The van der Waals surface area contributed by atoms with E-state index in [2.05, 4.69) is 9.71 Å². The lowest BCUT2D eigenvalue weighted by atomic mass is 9.96. The van der Waals surface area contributed by atoms with E-state index in [9.17, 15) is 18.3 Å². The van der Waals surface area contributed by atoms with Crippen LogP contribution in [0.25, 0.3) is 22.2 Å². The molecule has 0 bridgehead atoms. The van der Waals surface area contributed by atoms with Crippen molar-refractivity contribution in [1.82, 2.24) is 9.71 Å². The van der Waals surface area contributed by atoms with E-state index < -0.39 is 16.0 Å². The summed E-state index contributed by atoms with van der Waals surface area (Å²) < 4.78 is 29.0. The molecule has 0 unspecified atom stereocenters. The lowest BCUT2D eigenvalue weighted by molar-refractivity contribution is -0.136. The number of hydrogen-bond donors (Lipinski definition) is 3. The van der Waals surface area contributed by atoms with Gasteiger partial charge in [-0.25, -0.2) is 13.1 Å². The zero-order valence-corrected chi connectivity index (χ0v) is 18.8. The molecule has 1 heterocycles. The number of carboxylic acids is 1. The summed E-state index contributed by atoms with van der Waals surface area (Å²) in [4.78, 5) is 14.8. The van der Waals surface area contributed by atoms with Gasteiger partial charge in [-0.05, 0) is 55.2 Å². The highest BCUT2D eigenvalue weighted by molar-refractivity contribution is 7.89. The standard InChI is InChI=1S/C23H25ClN2O4S/c1-14-7-10-20-17(11-14)18(13-22(27)28)23(25-20)15-8-9-19(24)21(12-15)31(29,30)26-16-5-3-2-4-6-16/h7-12,16,25-26H,2-6,13H2,1H3,(H,27,28). The second kappa shape index (κ2) is 8.65. The fraction of sp³-hybridized carbons (Fsp3) is 0.348. The number of aryl methyl sites for hydroxylation is 1. The van der Waals surface area contributed by atoms with Crippen LogP contribution in [0.1, 0.15) is 43.2 Å². The highest BCUT2D eigenvalue weighted by Crippen LogP contribution is 2.35. The van der Waals surface area contributed by atoms with Gasteiger partial charge in [0.15, 0.2) is 0 Å². The number of hydrogen-bond acceptors (Lipinski definition) is 3. The number of aliphatic carboxylic acids is 1. The molecule has 164 valence electrons. The molecule has 31 heavy (non-hydrogen) atoms. The first-order chi connectivity index (χ1) is 14.7. The molecule has 1 aliphatic carbocycles. The molecule has 1 aliphatic rings. The summed E-state index contributed by atoms with van der Waals surface area (Å²) in [6.45, 7) is 1.95. The third kappa shape index (κ3) is 4.63. The van der Waals surface area contributed by atoms with Crippen LogP contribution in [0.15, 0.2) is 41.3 Å². The van der Waals surface area contributed by atoms with Gasteiger partial charge in [-0.2, -0.15) is 0 Å². The minimum Gasteiger partial charge on any atom is -0.481 e. The highest BCUT2D eigenvalue weighted by Gasteiger charge is 2.25. The predicted molar refractivity (Wildman–Crippen MR) is 122 cm³/mol. The number of benzene rings is 2. The van der Waals surface area contributed by atoms with Crippen LogP contribution in [0.4, 0.5) is 0 Å². The van der Waals surface area contributed by atoms with Crippen LogP contribution in [0.2, 0.25) is 5.02 Å². The second-order valence-corrected chi connectivity index (χ2v) is 10.3. The monoisotopic (exact) mass is 460 g/mol. The molecule has 0 aliphatic heterocycles. The Kier molecular flexibility index (Phi) is 6.10. The molecular weight excluding hydrogens is 436 g/mol. The van der Waals surface area contributed by atoms with Crippen molar-refractivity contribution in [2.75, 3.05) is 0 Å². The molecule has 4 rings (SSSR count). The molecular formula is C23H25ClN2O4S. The third-order valence-electron chi connectivity index (χ3n) is 5.83. The van der Waals surface area contributed by atoms with Gasteiger partial charge < -0.3 is 10.1 Å². The van der Waals surface area contributed by atoms with E-state index in [0.29, 0.717) is 16.8 Å². The van der Waals surface area contributed by atoms with Crippen molar-refractivity contribution in [3.63, 3.8) is 0 Å². The number of carboxylic acid groups (broad SMARTS) is 1. The molecule has 0 amide bonds. The van der Waals surface area contributed by atoms with E-state index in [1.165, 1.54) is 6.07 Å². The average molecular weight is 461 g/mol. The first-order valence-electron chi connectivity index (χ1n) is 10.4. The van der Waals surface area contributed by atoms with Crippen LogP contribution in [0.5, 0.6) is 0 Å². The number of aromatic amines is 1. The first-order valence-corrected chi connectivity index (χ1v) is 12.3. The molecule has 0 spiro atoms. The van der Waals surface area contributed by atoms with E-state index in [4.69, 9.17) is 11.6 Å². The Bertz CT molecular complexity index is 1240. The molecule has 1 aromatic heterocycles. The maximum Gasteiger partial charge on any atom is 0.307 e. The molecule has 2 aromatic carbocycles. The van der Waals surface area contributed by atoms with Gasteiger partial charge >= 0.3 is 5.97 Å². The van der Waals surface area contributed by atoms with Crippen molar-refractivity contribution in [2.45, 2.75) is 56.4 Å². The summed E-state index contributed by atoms with van der Waals surface area (Å²) in [7, 11) is -3.81. The fourth-order valence-corrected chi connectivity index (χ4v) is 6.14. The Hall–Kier alpha value is -2.35. The summed E-state index contributed by atoms with van der Waals surface area (Å²) >= 11 is 6.29. The van der Waals surface area contributed by atoms with Gasteiger partial charge in [-0.3, -0.25) is 4.79 Å². The normalized spacial score (nSPS) is 15.4. The van der Waals surface area contributed by atoms with Crippen LogP contribution in [0.3, 0.4) is 0 Å². The number of aromatic nitrogens is 1. The molecule has 0 atom stereocenters. The van der Waals surface area contributed by atoms with Gasteiger partial charge in [-0.1, -0.05) is 48.6 Å². The van der Waals surface area contributed by atoms with Crippen LogP contribution in [-0.4, -0.2) is 30.5 Å². The van der Waals surface area contributed by atoms with Crippen LogP contribution in [0, 0.1) is 6.92 Å². The fourth-order valence-electron chi connectivity index (χ4n) is 4.31. The topological polar surface area (TPSA) is 99.3 Å². The Balaban J connectivity index is 1.79. The minimum atomic E-state index is -3.81. The molecule has 3 N–H and O–H groups in total. The van der Waals surface area contributed by atoms with Crippen LogP contribution >= 0.6 is 11.6 Å². The third-order valence-corrected chi connectivity index (χ3v) is 7.83. The number of carbonyl (C=O) groups is 1. The molecule has 0 radical (unpaired) electrons. The van der Waals surface area contributed by atoms with E-state index >= 15 is 0 Å². The van der Waals surface area contributed by atoms with Crippen molar-refractivity contribution in [2.24, 2.45) is 0 Å². The SMILES string of the molecule is Cc1ccc2[nH]c(-c3ccc(Cl)c(S(=O)(=O)NC4CCCCC4)c3)c(CC(=O)O)c2c1. The predicted octanol–water partition coefficient (Wildman–Crippen LogP) is 5.03. The summed E-state index contributed by atoms with van der Waals surface area (Å²) in [5, 5.41) is 10.4. The van der Waals surface area contributed by atoms with Crippen molar-refractivity contribution in [1.29, 1.82) is 0 Å². The van der Waals surface area contributed by atoms with Crippen molar-refractivity contribution < 1.29 is 18.3 Å². The van der Waals surface area contributed by atoms with E-state index in [1.54, 1.807) is 12.1 Å². The summed E-state index contributed by atoms with van der Waals surface area (Å²) in [6.07, 6.45) is 4.60. The zero-order valence-electron chi connectivity index (χ0n) is 17.2. The van der Waals surface area contributed by atoms with Crippen molar-refractivity contribution in [3.8, 4) is 11.3 Å². The quantitative estimate of drug-likeness (QED) is 0.480. The van der Waals surface area contributed by atoms with E-state index in [-0.39, 0.29) is 22.4 Å². The van der Waals surface area contributed by atoms with Crippen molar-refractivity contribution >= 4 is 38.5 Å². The maximum atomic E-state index is 13.1. The number of halogens is 1. The number of nitrogens with one attached hydrogen (secondary N) is 2. The molecule has 6 nitrogen and oxygen atoms in total. The summed E-state index contributed by atoms with van der Waals surface area (Å²) in [5.74, 6) is -0.954. The van der Waals surface area contributed by atoms with E-state index in [0.717, 1.165) is 48.6 Å².